The van der Waals surface area contributed by atoms with Gasteiger partial charge in [0.05, 0.1) is 10.6 Å². The van der Waals surface area contributed by atoms with Crippen LogP contribution in [0.3, 0.4) is 0 Å². The van der Waals surface area contributed by atoms with Crippen LogP contribution in [-0.2, 0) is 0 Å². The molecule has 0 amide bonds. The number of nitrogens with one attached hydrogen (secondary N) is 1. The predicted octanol–water partition coefficient (Wildman–Crippen LogP) is 3.82. The quantitative estimate of drug-likeness (QED) is 0.907. The van der Waals surface area contributed by atoms with Gasteiger partial charge in [-0.25, -0.2) is 9.97 Å². The smallest absolute Gasteiger partial charge is 0.134 e. The Morgan fingerprint density at radius 1 is 1.39 bits per heavy atom. The summed E-state index contributed by atoms with van der Waals surface area (Å²) in [6.45, 7) is 5.10. The van der Waals surface area contributed by atoms with Gasteiger partial charge < -0.3 is 5.32 Å². The molecule has 0 bridgehead atoms. The van der Waals surface area contributed by atoms with Crippen molar-refractivity contribution in [1.29, 1.82) is 0 Å². The molecule has 0 aromatic carbocycles. The highest BCUT2D eigenvalue weighted by Crippen LogP contribution is 2.40. The summed E-state index contributed by atoms with van der Waals surface area (Å²) in [5.41, 5.74) is 2.25. The maximum Gasteiger partial charge on any atom is 0.134 e. The third-order valence-electron chi connectivity index (χ3n) is 3.20. The van der Waals surface area contributed by atoms with E-state index in [2.05, 4.69) is 41.7 Å². The average molecular weight is 259 g/mol. The van der Waals surface area contributed by atoms with Gasteiger partial charge in [0.25, 0.3) is 0 Å². The van der Waals surface area contributed by atoms with Crippen LogP contribution in [0.2, 0.25) is 0 Å². The van der Waals surface area contributed by atoms with E-state index in [9.17, 15) is 0 Å². The summed E-state index contributed by atoms with van der Waals surface area (Å²) < 4.78 is 0. The lowest BCUT2D eigenvalue weighted by atomic mass is 10.2. The molecule has 1 aliphatic rings. The molecule has 1 aliphatic carbocycles. The fourth-order valence-electron chi connectivity index (χ4n) is 2.05. The van der Waals surface area contributed by atoms with E-state index >= 15 is 0 Å². The van der Waals surface area contributed by atoms with Crippen molar-refractivity contribution in [2.24, 2.45) is 0 Å². The Bertz CT molecular complexity index is 544. The van der Waals surface area contributed by atoms with Gasteiger partial charge in [0.2, 0.25) is 0 Å². The van der Waals surface area contributed by atoms with Crippen LogP contribution in [0.15, 0.2) is 17.5 Å². The zero-order chi connectivity index (χ0) is 12.5. The molecule has 3 rings (SSSR count). The second kappa shape index (κ2) is 4.69. The van der Waals surface area contributed by atoms with Crippen LogP contribution < -0.4 is 5.32 Å². The number of anilines is 1. The van der Waals surface area contributed by atoms with Gasteiger partial charge in [0.15, 0.2) is 0 Å². The largest absolute Gasteiger partial charge is 0.370 e. The second-order valence-electron chi connectivity index (χ2n) is 4.69. The van der Waals surface area contributed by atoms with Crippen molar-refractivity contribution in [3.8, 4) is 10.6 Å². The summed E-state index contributed by atoms with van der Waals surface area (Å²) in [5.74, 6) is 2.60. The lowest BCUT2D eigenvalue weighted by molar-refractivity contribution is 0.919. The number of hydrogen-bond donors (Lipinski definition) is 1. The molecule has 3 nitrogen and oxygen atoms in total. The SMILES string of the molecule is CCNc1nc(C2CC2)nc(-c2cccs2)c1C. The maximum absolute atomic E-state index is 4.78. The first-order valence-electron chi connectivity index (χ1n) is 6.46. The van der Waals surface area contributed by atoms with Crippen LogP contribution in [0.5, 0.6) is 0 Å². The molecule has 2 aromatic rings. The Hall–Kier alpha value is -1.42. The normalized spacial score (nSPS) is 14.8. The summed E-state index contributed by atoms with van der Waals surface area (Å²) in [4.78, 5) is 10.7. The fraction of sp³-hybridized carbons (Fsp3) is 0.429. The Balaban J connectivity index is 2.10. The fourth-order valence-corrected chi connectivity index (χ4v) is 2.82. The van der Waals surface area contributed by atoms with E-state index in [1.165, 1.54) is 17.7 Å². The molecule has 0 unspecified atom stereocenters. The summed E-state index contributed by atoms with van der Waals surface area (Å²) in [6, 6.07) is 4.21. The molecule has 1 saturated carbocycles. The van der Waals surface area contributed by atoms with Crippen molar-refractivity contribution < 1.29 is 0 Å². The van der Waals surface area contributed by atoms with E-state index in [4.69, 9.17) is 4.98 Å². The molecule has 0 spiro atoms. The highest BCUT2D eigenvalue weighted by atomic mass is 32.1. The Morgan fingerprint density at radius 3 is 2.83 bits per heavy atom. The van der Waals surface area contributed by atoms with Crippen LogP contribution >= 0.6 is 11.3 Å². The molecule has 2 heterocycles. The minimum atomic E-state index is 0.585. The summed E-state index contributed by atoms with van der Waals surface area (Å²) >= 11 is 1.74. The van der Waals surface area contributed by atoms with Gasteiger partial charge in [-0.1, -0.05) is 6.07 Å². The lowest BCUT2D eigenvalue weighted by Crippen LogP contribution is -2.07. The lowest BCUT2D eigenvalue weighted by Gasteiger charge is -2.12. The van der Waals surface area contributed by atoms with Gasteiger partial charge in [-0.2, -0.15) is 0 Å². The first-order chi connectivity index (χ1) is 8.79. The number of aromatic nitrogens is 2. The van der Waals surface area contributed by atoms with Gasteiger partial charge >= 0.3 is 0 Å². The van der Waals surface area contributed by atoms with Crippen molar-refractivity contribution in [3.05, 3.63) is 28.9 Å². The monoisotopic (exact) mass is 259 g/mol. The van der Waals surface area contributed by atoms with E-state index in [0.717, 1.165) is 29.4 Å². The highest BCUT2D eigenvalue weighted by Gasteiger charge is 2.28. The Labute approximate surface area is 111 Å². The Kier molecular flexibility index (Phi) is 3.04. The molecule has 0 saturated heterocycles. The van der Waals surface area contributed by atoms with Crippen molar-refractivity contribution in [2.75, 3.05) is 11.9 Å². The molecular weight excluding hydrogens is 242 g/mol. The second-order valence-corrected chi connectivity index (χ2v) is 5.63. The van der Waals surface area contributed by atoms with E-state index < -0.39 is 0 Å². The van der Waals surface area contributed by atoms with E-state index in [-0.39, 0.29) is 0 Å². The van der Waals surface area contributed by atoms with Crippen LogP contribution in [0.4, 0.5) is 5.82 Å². The van der Waals surface area contributed by atoms with Crippen LogP contribution in [0, 0.1) is 6.92 Å². The Morgan fingerprint density at radius 2 is 2.22 bits per heavy atom. The van der Waals surface area contributed by atoms with Crippen molar-refractivity contribution in [1.82, 2.24) is 9.97 Å². The average Bonchev–Trinajstić information content (AvgIpc) is 3.08. The van der Waals surface area contributed by atoms with Crippen molar-refractivity contribution in [2.45, 2.75) is 32.6 Å². The molecule has 0 atom stereocenters. The van der Waals surface area contributed by atoms with Crippen LogP contribution in [0.1, 0.15) is 37.1 Å². The van der Waals surface area contributed by atoms with Gasteiger partial charge in [-0.3, -0.25) is 0 Å². The van der Waals surface area contributed by atoms with Crippen LogP contribution in [0.25, 0.3) is 10.6 Å². The van der Waals surface area contributed by atoms with Crippen molar-refractivity contribution >= 4 is 17.2 Å². The predicted molar refractivity (Wildman–Crippen MR) is 76.2 cm³/mol. The zero-order valence-electron chi connectivity index (χ0n) is 10.7. The standard InChI is InChI=1S/C14H17N3S/c1-3-15-13-9(2)12(11-5-4-8-18-11)16-14(17-13)10-6-7-10/h4-5,8,10H,3,6-7H2,1-2H3,(H,15,16,17). The highest BCUT2D eigenvalue weighted by molar-refractivity contribution is 7.13. The van der Waals surface area contributed by atoms with E-state index in [1.54, 1.807) is 11.3 Å². The van der Waals surface area contributed by atoms with Gasteiger partial charge in [0, 0.05) is 18.0 Å². The molecule has 1 N–H and O–H groups in total. The minimum absolute atomic E-state index is 0.585. The minimum Gasteiger partial charge on any atom is -0.370 e. The number of nitrogens with zero attached hydrogens (tertiary/aromatic N) is 2. The topological polar surface area (TPSA) is 37.8 Å². The summed E-state index contributed by atoms with van der Waals surface area (Å²) in [7, 11) is 0. The molecule has 0 radical (unpaired) electrons. The zero-order valence-corrected chi connectivity index (χ0v) is 11.5. The van der Waals surface area contributed by atoms with Gasteiger partial charge in [-0.15, -0.1) is 11.3 Å². The number of thiophene rings is 1. The molecule has 94 valence electrons. The van der Waals surface area contributed by atoms with Crippen LogP contribution in [-0.4, -0.2) is 16.5 Å². The summed E-state index contributed by atoms with van der Waals surface area (Å²) in [5, 5.41) is 5.45. The maximum atomic E-state index is 4.78. The third kappa shape index (κ3) is 2.12. The van der Waals surface area contributed by atoms with Gasteiger partial charge in [0.1, 0.15) is 11.6 Å². The molecule has 18 heavy (non-hydrogen) atoms. The van der Waals surface area contributed by atoms with E-state index in [0.29, 0.717) is 5.92 Å². The molecule has 0 aliphatic heterocycles. The third-order valence-corrected chi connectivity index (χ3v) is 4.08. The number of rotatable bonds is 4. The van der Waals surface area contributed by atoms with Crippen molar-refractivity contribution in [3.63, 3.8) is 0 Å². The first-order valence-corrected chi connectivity index (χ1v) is 7.34. The molecule has 4 heteroatoms. The number of hydrogen-bond acceptors (Lipinski definition) is 4. The van der Waals surface area contributed by atoms with Gasteiger partial charge in [-0.05, 0) is 38.1 Å². The van der Waals surface area contributed by atoms with E-state index in [1.807, 2.05) is 0 Å². The summed E-state index contributed by atoms with van der Waals surface area (Å²) in [6.07, 6.45) is 2.47. The molecule has 2 aromatic heterocycles. The molecular formula is C14H17N3S. The first kappa shape index (κ1) is 11.7. The molecule has 1 fully saturated rings.